The van der Waals surface area contributed by atoms with Crippen LogP contribution in [0.2, 0.25) is 0 Å². The minimum absolute atomic E-state index is 0.109. The van der Waals surface area contributed by atoms with Gasteiger partial charge in [0.25, 0.3) is 0 Å². The second kappa shape index (κ2) is 6.22. The summed E-state index contributed by atoms with van der Waals surface area (Å²) in [6, 6.07) is 11.2. The molecule has 1 aromatic heterocycles. The van der Waals surface area contributed by atoms with Gasteiger partial charge in [0.1, 0.15) is 5.75 Å². The van der Waals surface area contributed by atoms with Gasteiger partial charge in [-0.15, -0.1) is 0 Å². The molecule has 1 aromatic carbocycles. The molecule has 2 rings (SSSR count). The third-order valence-electron chi connectivity index (χ3n) is 1.90. The van der Waals surface area contributed by atoms with Gasteiger partial charge in [0.05, 0.1) is 6.61 Å². The lowest BCUT2D eigenvalue weighted by atomic mass is 10.3. The van der Waals surface area contributed by atoms with Gasteiger partial charge in [-0.3, -0.25) is 0 Å². The molecule has 5 heteroatoms. The van der Waals surface area contributed by atoms with E-state index in [9.17, 15) is 0 Å². The largest absolute Gasteiger partial charge is 0.439 e. The van der Waals surface area contributed by atoms with Crippen molar-refractivity contribution >= 4 is 11.8 Å². The Kier molecular flexibility index (Phi) is 4.35. The fraction of sp³-hybridized carbons (Fsp3) is 0.167. The maximum Gasteiger partial charge on any atom is 0.223 e. The van der Waals surface area contributed by atoms with Crippen LogP contribution < -0.4 is 4.74 Å². The quantitative estimate of drug-likeness (QED) is 0.650. The monoisotopic (exact) mass is 248 g/mol. The van der Waals surface area contributed by atoms with Crippen LogP contribution >= 0.6 is 11.8 Å². The Morgan fingerprint density at radius 3 is 2.76 bits per heavy atom. The Morgan fingerprint density at radius 1 is 1.18 bits per heavy atom. The first-order chi connectivity index (χ1) is 8.38. The van der Waals surface area contributed by atoms with Crippen LogP contribution in [-0.2, 0) is 0 Å². The number of nitrogens with zero attached hydrogens (tertiary/aromatic N) is 2. The van der Waals surface area contributed by atoms with Crippen LogP contribution in [0, 0.1) is 0 Å². The lowest BCUT2D eigenvalue weighted by Crippen LogP contribution is -1.93. The van der Waals surface area contributed by atoms with Gasteiger partial charge in [0.2, 0.25) is 5.88 Å². The number of thioether (sulfide) groups is 1. The average molecular weight is 248 g/mol. The van der Waals surface area contributed by atoms with E-state index in [4.69, 9.17) is 9.84 Å². The second-order valence-electron chi connectivity index (χ2n) is 3.16. The molecule has 0 aliphatic heterocycles. The minimum atomic E-state index is 0.109. The molecule has 4 nitrogen and oxygen atoms in total. The molecule has 0 radical (unpaired) electrons. The second-order valence-corrected chi connectivity index (χ2v) is 4.23. The number of rotatable bonds is 5. The van der Waals surface area contributed by atoms with Crippen LogP contribution in [0.5, 0.6) is 11.6 Å². The smallest absolute Gasteiger partial charge is 0.223 e. The fourth-order valence-electron chi connectivity index (χ4n) is 1.20. The van der Waals surface area contributed by atoms with Crippen molar-refractivity contribution < 1.29 is 9.84 Å². The maximum absolute atomic E-state index is 8.72. The van der Waals surface area contributed by atoms with Crippen LogP contribution in [0.4, 0.5) is 0 Å². The summed E-state index contributed by atoms with van der Waals surface area (Å²) in [5, 5.41) is 9.33. The summed E-state index contributed by atoms with van der Waals surface area (Å²) in [4.78, 5) is 8.30. The Morgan fingerprint density at radius 2 is 2.00 bits per heavy atom. The van der Waals surface area contributed by atoms with E-state index in [1.165, 1.54) is 11.8 Å². The highest BCUT2D eigenvalue weighted by molar-refractivity contribution is 7.99. The summed E-state index contributed by atoms with van der Waals surface area (Å²) >= 11 is 1.39. The van der Waals surface area contributed by atoms with Crippen molar-refractivity contribution in [3.05, 3.63) is 42.6 Å². The molecule has 0 aliphatic rings. The average Bonchev–Trinajstić information content (AvgIpc) is 2.38. The lowest BCUT2D eigenvalue weighted by Gasteiger charge is -2.05. The Labute approximate surface area is 104 Å². The van der Waals surface area contributed by atoms with Crippen LogP contribution in [0.1, 0.15) is 0 Å². The van der Waals surface area contributed by atoms with Gasteiger partial charge in [-0.05, 0) is 12.1 Å². The van der Waals surface area contributed by atoms with E-state index in [-0.39, 0.29) is 6.61 Å². The molecule has 17 heavy (non-hydrogen) atoms. The van der Waals surface area contributed by atoms with Gasteiger partial charge < -0.3 is 9.84 Å². The van der Waals surface area contributed by atoms with Crippen molar-refractivity contribution in [3.8, 4) is 11.6 Å². The number of para-hydroxylation sites is 1. The first kappa shape index (κ1) is 11.9. The summed E-state index contributed by atoms with van der Waals surface area (Å²) in [5.41, 5.74) is 0. The Balaban J connectivity index is 2.06. The lowest BCUT2D eigenvalue weighted by molar-refractivity contribution is 0.322. The Hall–Kier alpha value is -1.59. The van der Waals surface area contributed by atoms with Crippen molar-refractivity contribution in [1.82, 2.24) is 9.97 Å². The van der Waals surface area contributed by atoms with E-state index in [0.29, 0.717) is 16.8 Å². The number of ether oxygens (including phenoxy) is 1. The zero-order valence-corrected chi connectivity index (χ0v) is 9.93. The molecule has 0 bridgehead atoms. The number of aliphatic hydroxyl groups excluding tert-OH is 1. The van der Waals surface area contributed by atoms with E-state index < -0.39 is 0 Å². The first-order valence-corrected chi connectivity index (χ1v) is 6.16. The third-order valence-corrected chi connectivity index (χ3v) is 2.74. The molecule has 0 fully saturated rings. The minimum Gasteiger partial charge on any atom is -0.439 e. The maximum atomic E-state index is 8.72. The van der Waals surface area contributed by atoms with E-state index >= 15 is 0 Å². The van der Waals surface area contributed by atoms with Crippen molar-refractivity contribution in [2.45, 2.75) is 5.16 Å². The van der Waals surface area contributed by atoms with E-state index in [2.05, 4.69) is 9.97 Å². The predicted molar refractivity (Wildman–Crippen MR) is 66.4 cm³/mol. The van der Waals surface area contributed by atoms with Crippen molar-refractivity contribution in [3.63, 3.8) is 0 Å². The SMILES string of the molecule is OCCSc1nccc(Oc2ccccc2)n1. The highest BCUT2D eigenvalue weighted by Crippen LogP contribution is 2.20. The van der Waals surface area contributed by atoms with Crippen LogP contribution in [0.25, 0.3) is 0 Å². The van der Waals surface area contributed by atoms with Crippen molar-refractivity contribution in [1.29, 1.82) is 0 Å². The van der Waals surface area contributed by atoms with Crippen LogP contribution in [0.3, 0.4) is 0 Å². The van der Waals surface area contributed by atoms with Gasteiger partial charge >= 0.3 is 0 Å². The van der Waals surface area contributed by atoms with Crippen LogP contribution in [0.15, 0.2) is 47.8 Å². The molecule has 2 aromatic rings. The normalized spacial score (nSPS) is 10.2. The fourth-order valence-corrected chi connectivity index (χ4v) is 1.76. The van der Waals surface area contributed by atoms with Crippen molar-refractivity contribution in [2.24, 2.45) is 0 Å². The van der Waals surface area contributed by atoms with Crippen LogP contribution in [-0.4, -0.2) is 27.4 Å². The zero-order valence-electron chi connectivity index (χ0n) is 9.11. The topological polar surface area (TPSA) is 55.2 Å². The van der Waals surface area contributed by atoms with Gasteiger partial charge in [0, 0.05) is 18.0 Å². The summed E-state index contributed by atoms with van der Waals surface area (Å²) < 4.78 is 5.57. The molecule has 88 valence electrons. The molecule has 0 amide bonds. The summed E-state index contributed by atoms with van der Waals surface area (Å²) in [7, 11) is 0. The number of aromatic nitrogens is 2. The summed E-state index contributed by atoms with van der Waals surface area (Å²) in [5.74, 6) is 1.82. The molecular weight excluding hydrogens is 236 g/mol. The van der Waals surface area contributed by atoms with Gasteiger partial charge in [-0.25, -0.2) is 4.98 Å². The number of aliphatic hydroxyl groups is 1. The molecule has 0 atom stereocenters. The molecule has 0 spiro atoms. The van der Waals surface area contributed by atoms with E-state index in [1.807, 2.05) is 30.3 Å². The number of benzene rings is 1. The van der Waals surface area contributed by atoms with Gasteiger partial charge in [-0.1, -0.05) is 30.0 Å². The molecule has 1 N–H and O–H groups in total. The molecular formula is C12H12N2O2S. The Bertz CT molecular complexity index is 465. The summed E-state index contributed by atoms with van der Waals surface area (Å²) in [6.07, 6.45) is 1.64. The molecule has 0 saturated carbocycles. The summed E-state index contributed by atoms with van der Waals surface area (Å²) in [6.45, 7) is 0.109. The highest BCUT2D eigenvalue weighted by atomic mass is 32.2. The van der Waals surface area contributed by atoms with Gasteiger partial charge in [0.15, 0.2) is 5.16 Å². The number of hydrogen-bond acceptors (Lipinski definition) is 5. The molecule has 1 heterocycles. The standard InChI is InChI=1S/C12H12N2O2S/c15-8-9-17-12-13-7-6-11(14-12)16-10-4-2-1-3-5-10/h1-7,15H,8-9H2. The van der Waals surface area contributed by atoms with E-state index in [1.54, 1.807) is 12.3 Å². The predicted octanol–water partition coefficient (Wildman–Crippen LogP) is 2.35. The number of hydrogen-bond donors (Lipinski definition) is 1. The highest BCUT2D eigenvalue weighted by Gasteiger charge is 2.01. The zero-order chi connectivity index (χ0) is 11.9. The first-order valence-electron chi connectivity index (χ1n) is 5.18. The molecule has 0 aliphatic carbocycles. The molecule has 0 unspecified atom stereocenters. The van der Waals surface area contributed by atoms with Gasteiger partial charge in [-0.2, -0.15) is 4.98 Å². The van der Waals surface area contributed by atoms with E-state index in [0.717, 1.165) is 5.75 Å². The third kappa shape index (κ3) is 3.72. The van der Waals surface area contributed by atoms with Crippen molar-refractivity contribution in [2.75, 3.05) is 12.4 Å². The molecule has 0 saturated heterocycles.